The molecular weight excluding hydrogens is 294 g/mol. The summed E-state index contributed by atoms with van der Waals surface area (Å²) in [7, 11) is 0. The molecule has 6 heteroatoms. The molecule has 1 heterocycles. The molecule has 0 aliphatic heterocycles. The lowest BCUT2D eigenvalue weighted by molar-refractivity contribution is -0.0498. The quantitative estimate of drug-likeness (QED) is 0.717. The van der Waals surface area contributed by atoms with E-state index in [1.807, 2.05) is 29.7 Å². The van der Waals surface area contributed by atoms with Gasteiger partial charge in [0, 0.05) is 5.69 Å². The molecule has 0 spiro atoms. The molecule has 0 bridgehead atoms. The highest BCUT2D eigenvalue weighted by Gasteiger charge is 2.08. The van der Waals surface area contributed by atoms with Gasteiger partial charge in [-0.25, -0.2) is 0 Å². The first-order chi connectivity index (χ1) is 10.0. The molecule has 0 aliphatic rings. The predicted molar refractivity (Wildman–Crippen MR) is 79.8 cm³/mol. The summed E-state index contributed by atoms with van der Waals surface area (Å²) in [6.45, 7) is -0.826. The van der Waals surface area contributed by atoms with Crippen molar-refractivity contribution < 1.29 is 13.5 Å². The molecule has 108 valence electrons. The minimum absolute atomic E-state index is 0.122. The number of aromatic nitrogens is 2. The standard InChI is InChI=1S/C15H12F2N2OS/c1-9-2-7-12-13(8-9)19(15(21)18-12)10-3-5-11(6-4-10)20-14(16)17/h2-8,14H,1H3,(H,18,21). The molecular formula is C15H12F2N2OS. The Morgan fingerprint density at radius 1 is 1.14 bits per heavy atom. The van der Waals surface area contributed by atoms with Crippen LogP contribution in [-0.4, -0.2) is 16.2 Å². The van der Waals surface area contributed by atoms with Gasteiger partial charge in [-0.15, -0.1) is 0 Å². The third-order valence-electron chi connectivity index (χ3n) is 3.16. The zero-order valence-electron chi connectivity index (χ0n) is 11.1. The fraction of sp³-hybridized carbons (Fsp3) is 0.133. The number of alkyl halides is 2. The van der Waals surface area contributed by atoms with Gasteiger partial charge in [-0.05, 0) is 61.1 Å². The third kappa shape index (κ3) is 2.67. The molecule has 3 aromatic rings. The van der Waals surface area contributed by atoms with E-state index < -0.39 is 6.61 Å². The van der Waals surface area contributed by atoms with E-state index in [0.29, 0.717) is 4.77 Å². The minimum Gasteiger partial charge on any atom is -0.435 e. The highest BCUT2D eigenvalue weighted by atomic mass is 32.1. The van der Waals surface area contributed by atoms with E-state index in [2.05, 4.69) is 9.72 Å². The lowest BCUT2D eigenvalue weighted by atomic mass is 10.2. The summed E-state index contributed by atoms with van der Waals surface area (Å²) in [4.78, 5) is 3.13. The van der Waals surface area contributed by atoms with E-state index in [1.54, 1.807) is 12.1 Å². The van der Waals surface area contributed by atoms with Crippen LogP contribution >= 0.6 is 12.2 Å². The van der Waals surface area contributed by atoms with E-state index in [-0.39, 0.29) is 5.75 Å². The topological polar surface area (TPSA) is 29.9 Å². The molecule has 21 heavy (non-hydrogen) atoms. The van der Waals surface area contributed by atoms with Crippen molar-refractivity contribution >= 4 is 23.3 Å². The molecule has 0 fully saturated rings. The fourth-order valence-electron chi connectivity index (χ4n) is 2.25. The van der Waals surface area contributed by atoms with E-state index in [1.165, 1.54) is 12.1 Å². The minimum atomic E-state index is -2.83. The molecule has 0 unspecified atom stereocenters. The van der Waals surface area contributed by atoms with Gasteiger partial charge < -0.3 is 9.72 Å². The zero-order valence-corrected chi connectivity index (χ0v) is 12.0. The number of nitrogens with one attached hydrogen (secondary N) is 1. The molecule has 1 aromatic heterocycles. The van der Waals surface area contributed by atoms with E-state index in [4.69, 9.17) is 12.2 Å². The summed E-state index contributed by atoms with van der Waals surface area (Å²) in [5.74, 6) is 0.122. The average Bonchev–Trinajstić information content (AvgIpc) is 2.74. The SMILES string of the molecule is Cc1ccc2[nH]c(=S)n(-c3ccc(OC(F)F)cc3)c2c1. The number of benzene rings is 2. The summed E-state index contributed by atoms with van der Waals surface area (Å²) >= 11 is 5.34. The molecule has 0 saturated carbocycles. The third-order valence-corrected chi connectivity index (χ3v) is 3.44. The van der Waals surface area contributed by atoms with Crippen LogP contribution in [0.25, 0.3) is 16.7 Å². The Balaban J connectivity index is 2.09. The number of rotatable bonds is 3. The van der Waals surface area contributed by atoms with Gasteiger partial charge in [0.1, 0.15) is 5.75 Å². The molecule has 2 aromatic carbocycles. The molecule has 3 rings (SSSR count). The zero-order chi connectivity index (χ0) is 15.0. The normalized spacial score (nSPS) is 11.2. The number of nitrogens with zero attached hydrogens (tertiary/aromatic N) is 1. The van der Waals surface area contributed by atoms with Crippen molar-refractivity contribution in [2.24, 2.45) is 0 Å². The number of aromatic amines is 1. The number of hydrogen-bond donors (Lipinski definition) is 1. The second-order valence-electron chi connectivity index (χ2n) is 4.66. The van der Waals surface area contributed by atoms with Crippen LogP contribution in [0.2, 0.25) is 0 Å². The van der Waals surface area contributed by atoms with E-state index in [9.17, 15) is 8.78 Å². The molecule has 0 radical (unpaired) electrons. The summed E-state index contributed by atoms with van der Waals surface area (Å²) in [5, 5.41) is 0. The van der Waals surface area contributed by atoms with E-state index in [0.717, 1.165) is 22.3 Å². The first-order valence-electron chi connectivity index (χ1n) is 6.31. The van der Waals surface area contributed by atoms with Gasteiger partial charge in [-0.1, -0.05) is 6.07 Å². The Bertz CT molecular complexity index is 837. The van der Waals surface area contributed by atoms with Crippen LogP contribution < -0.4 is 4.74 Å². The number of hydrogen-bond acceptors (Lipinski definition) is 2. The van der Waals surface area contributed by atoms with Crippen LogP contribution in [0.1, 0.15) is 5.56 Å². The van der Waals surface area contributed by atoms with Crippen LogP contribution in [-0.2, 0) is 0 Å². The van der Waals surface area contributed by atoms with Crippen LogP contribution in [0.15, 0.2) is 42.5 Å². The van der Waals surface area contributed by atoms with Crippen LogP contribution in [0, 0.1) is 11.7 Å². The maximum Gasteiger partial charge on any atom is 0.387 e. The van der Waals surface area contributed by atoms with Gasteiger partial charge >= 0.3 is 6.61 Å². The Hall–Kier alpha value is -2.21. The highest BCUT2D eigenvalue weighted by molar-refractivity contribution is 7.71. The molecule has 0 atom stereocenters. The number of fused-ring (bicyclic) bond motifs is 1. The fourth-order valence-corrected chi connectivity index (χ4v) is 2.56. The Labute approximate surface area is 124 Å². The average molecular weight is 306 g/mol. The molecule has 0 saturated heterocycles. The van der Waals surface area contributed by atoms with Gasteiger partial charge in [0.2, 0.25) is 0 Å². The first kappa shape index (κ1) is 13.8. The molecule has 3 nitrogen and oxygen atoms in total. The van der Waals surface area contributed by atoms with Gasteiger partial charge in [0.05, 0.1) is 11.0 Å². The maximum atomic E-state index is 12.2. The number of ether oxygens (including phenoxy) is 1. The van der Waals surface area contributed by atoms with Crippen molar-refractivity contribution in [1.82, 2.24) is 9.55 Å². The predicted octanol–water partition coefficient (Wildman–Crippen LogP) is 4.60. The number of halogens is 2. The Morgan fingerprint density at radius 2 is 1.86 bits per heavy atom. The molecule has 1 N–H and O–H groups in total. The Morgan fingerprint density at radius 3 is 2.52 bits per heavy atom. The van der Waals surface area contributed by atoms with Gasteiger partial charge in [-0.2, -0.15) is 8.78 Å². The lowest BCUT2D eigenvalue weighted by Crippen LogP contribution is -2.02. The Kier molecular flexibility index (Phi) is 3.47. The lowest BCUT2D eigenvalue weighted by Gasteiger charge is -2.07. The van der Waals surface area contributed by atoms with Crippen molar-refractivity contribution in [2.45, 2.75) is 13.5 Å². The maximum absolute atomic E-state index is 12.2. The van der Waals surface area contributed by atoms with Crippen molar-refractivity contribution in [1.29, 1.82) is 0 Å². The van der Waals surface area contributed by atoms with Crippen LogP contribution in [0.4, 0.5) is 8.78 Å². The largest absolute Gasteiger partial charge is 0.435 e. The van der Waals surface area contributed by atoms with Crippen molar-refractivity contribution in [3.05, 3.63) is 52.8 Å². The van der Waals surface area contributed by atoms with Crippen LogP contribution in [0.3, 0.4) is 0 Å². The number of H-pyrrole nitrogens is 1. The second kappa shape index (κ2) is 5.29. The summed E-state index contributed by atoms with van der Waals surface area (Å²) in [6, 6.07) is 12.4. The molecule has 0 amide bonds. The van der Waals surface area contributed by atoms with Crippen molar-refractivity contribution in [3.63, 3.8) is 0 Å². The van der Waals surface area contributed by atoms with Crippen molar-refractivity contribution in [3.8, 4) is 11.4 Å². The number of aryl methyl sites for hydroxylation is 1. The summed E-state index contributed by atoms with van der Waals surface area (Å²) in [5.41, 5.74) is 3.78. The first-order valence-corrected chi connectivity index (χ1v) is 6.72. The van der Waals surface area contributed by atoms with Gasteiger partial charge in [-0.3, -0.25) is 4.57 Å². The second-order valence-corrected chi connectivity index (χ2v) is 5.05. The van der Waals surface area contributed by atoms with Crippen LogP contribution in [0.5, 0.6) is 5.75 Å². The van der Waals surface area contributed by atoms with Crippen molar-refractivity contribution in [2.75, 3.05) is 0 Å². The monoisotopic (exact) mass is 306 g/mol. The smallest absolute Gasteiger partial charge is 0.387 e. The molecule has 0 aliphatic carbocycles. The van der Waals surface area contributed by atoms with Gasteiger partial charge in [0.15, 0.2) is 4.77 Å². The summed E-state index contributed by atoms with van der Waals surface area (Å²) < 4.78 is 31.1. The summed E-state index contributed by atoms with van der Waals surface area (Å²) in [6.07, 6.45) is 0. The van der Waals surface area contributed by atoms with E-state index >= 15 is 0 Å². The number of imidazole rings is 1. The highest BCUT2D eigenvalue weighted by Crippen LogP contribution is 2.23. The van der Waals surface area contributed by atoms with Gasteiger partial charge in [0.25, 0.3) is 0 Å².